The van der Waals surface area contributed by atoms with Gasteiger partial charge in [-0.15, -0.1) is 10.2 Å². The Hall–Kier alpha value is -1.24. The van der Waals surface area contributed by atoms with Gasteiger partial charge in [-0.2, -0.15) is 11.8 Å². The number of thioether (sulfide) groups is 1. The van der Waals surface area contributed by atoms with E-state index < -0.39 is 0 Å². The lowest BCUT2D eigenvalue weighted by molar-refractivity contribution is 0.375. The van der Waals surface area contributed by atoms with E-state index in [2.05, 4.69) is 52.7 Å². The highest BCUT2D eigenvalue weighted by Crippen LogP contribution is 2.29. The van der Waals surface area contributed by atoms with Gasteiger partial charge in [0, 0.05) is 43.1 Å². The van der Waals surface area contributed by atoms with Gasteiger partial charge in [-0.25, -0.2) is 0 Å². The second-order valence-electron chi connectivity index (χ2n) is 6.06. The Bertz CT molecular complexity index is 496. The molecule has 0 bridgehead atoms. The smallest absolute Gasteiger partial charge is 0.194 e. The number of aliphatic imine (C=N–C) groups is 1. The average Bonchev–Trinajstić information content (AvgIpc) is 2.93. The van der Waals surface area contributed by atoms with Crippen LogP contribution in [0.5, 0.6) is 0 Å². The summed E-state index contributed by atoms with van der Waals surface area (Å²) in [6, 6.07) is 0. The van der Waals surface area contributed by atoms with Gasteiger partial charge in [0.05, 0.1) is 6.54 Å². The molecular weight excluding hydrogens is 296 g/mol. The molecule has 7 heteroatoms. The van der Waals surface area contributed by atoms with Gasteiger partial charge in [0.2, 0.25) is 0 Å². The standard InChI is InChI=1S/C15H28N6S/c1-5-13-19-18-12-21(13)8-7-17-14(16-6-2)20-9-10-22-15(3,4)11-20/h12H,5-11H2,1-4H3,(H,16,17). The van der Waals surface area contributed by atoms with Crippen molar-refractivity contribution in [2.45, 2.75) is 45.4 Å². The van der Waals surface area contributed by atoms with Gasteiger partial charge in [-0.1, -0.05) is 6.92 Å². The van der Waals surface area contributed by atoms with Crippen molar-refractivity contribution in [3.05, 3.63) is 12.2 Å². The van der Waals surface area contributed by atoms with E-state index in [0.717, 1.165) is 56.7 Å². The van der Waals surface area contributed by atoms with Crippen LogP contribution in [0.25, 0.3) is 0 Å². The zero-order valence-corrected chi connectivity index (χ0v) is 15.0. The van der Waals surface area contributed by atoms with E-state index in [1.54, 1.807) is 6.33 Å². The molecule has 6 nitrogen and oxygen atoms in total. The van der Waals surface area contributed by atoms with Crippen molar-refractivity contribution >= 4 is 17.7 Å². The lowest BCUT2D eigenvalue weighted by atomic mass is 10.2. The summed E-state index contributed by atoms with van der Waals surface area (Å²) >= 11 is 2.04. The highest BCUT2D eigenvalue weighted by atomic mass is 32.2. The summed E-state index contributed by atoms with van der Waals surface area (Å²) in [7, 11) is 0. The summed E-state index contributed by atoms with van der Waals surface area (Å²) in [6.45, 7) is 13.4. The van der Waals surface area contributed by atoms with Crippen molar-refractivity contribution in [1.82, 2.24) is 25.0 Å². The second-order valence-corrected chi connectivity index (χ2v) is 7.86. The van der Waals surface area contributed by atoms with E-state index in [9.17, 15) is 0 Å². The van der Waals surface area contributed by atoms with E-state index in [1.165, 1.54) is 0 Å². The molecular formula is C15H28N6S. The van der Waals surface area contributed by atoms with Crippen molar-refractivity contribution in [3.8, 4) is 0 Å². The summed E-state index contributed by atoms with van der Waals surface area (Å²) in [5.74, 6) is 3.21. The third kappa shape index (κ3) is 4.63. The Morgan fingerprint density at radius 3 is 2.95 bits per heavy atom. The number of nitrogens with one attached hydrogen (secondary N) is 1. The lowest BCUT2D eigenvalue weighted by Gasteiger charge is -2.39. The molecule has 0 aliphatic carbocycles. The normalized spacial score (nSPS) is 18.5. The van der Waals surface area contributed by atoms with Gasteiger partial charge in [-0.05, 0) is 20.8 Å². The Kier molecular flexibility index (Phi) is 6.11. The summed E-state index contributed by atoms with van der Waals surface area (Å²) < 4.78 is 2.38. The first-order chi connectivity index (χ1) is 10.6. The molecule has 2 heterocycles. The van der Waals surface area contributed by atoms with Crippen molar-refractivity contribution in [3.63, 3.8) is 0 Å². The maximum absolute atomic E-state index is 4.80. The van der Waals surface area contributed by atoms with E-state index in [4.69, 9.17) is 4.99 Å². The molecule has 0 amide bonds. The molecule has 0 saturated carbocycles. The molecule has 124 valence electrons. The highest BCUT2D eigenvalue weighted by Gasteiger charge is 2.28. The quantitative estimate of drug-likeness (QED) is 0.659. The van der Waals surface area contributed by atoms with Crippen LogP contribution in [0, 0.1) is 0 Å². The number of guanidine groups is 1. The number of rotatable bonds is 5. The van der Waals surface area contributed by atoms with Crippen molar-refractivity contribution in [2.24, 2.45) is 4.99 Å². The van der Waals surface area contributed by atoms with Crippen LogP contribution in [-0.4, -0.2) is 62.3 Å². The first-order valence-corrected chi connectivity index (χ1v) is 9.08. The van der Waals surface area contributed by atoms with Gasteiger partial charge in [0.15, 0.2) is 5.96 Å². The molecule has 22 heavy (non-hydrogen) atoms. The molecule has 1 aliphatic rings. The third-order valence-corrected chi connectivity index (χ3v) is 4.97. The van der Waals surface area contributed by atoms with E-state index in [0.29, 0.717) is 0 Å². The summed E-state index contributed by atoms with van der Waals surface area (Å²) in [6.07, 6.45) is 2.70. The molecule has 1 aliphatic heterocycles. The zero-order chi connectivity index (χ0) is 16.0. The number of aromatic nitrogens is 3. The van der Waals surface area contributed by atoms with Crippen LogP contribution in [0.1, 0.15) is 33.5 Å². The largest absolute Gasteiger partial charge is 0.357 e. The molecule has 0 atom stereocenters. The van der Waals surface area contributed by atoms with Crippen LogP contribution in [0.2, 0.25) is 0 Å². The molecule has 1 fully saturated rings. The zero-order valence-electron chi connectivity index (χ0n) is 14.2. The fourth-order valence-electron chi connectivity index (χ4n) is 2.63. The van der Waals surface area contributed by atoms with Crippen LogP contribution < -0.4 is 5.32 Å². The molecule has 1 N–H and O–H groups in total. The van der Waals surface area contributed by atoms with Crippen molar-refractivity contribution < 1.29 is 0 Å². The summed E-state index contributed by atoms with van der Waals surface area (Å²) in [4.78, 5) is 7.18. The van der Waals surface area contributed by atoms with Crippen LogP contribution in [0.3, 0.4) is 0 Å². The topological polar surface area (TPSA) is 58.3 Å². The van der Waals surface area contributed by atoms with Crippen molar-refractivity contribution in [1.29, 1.82) is 0 Å². The van der Waals surface area contributed by atoms with Crippen LogP contribution in [0.15, 0.2) is 11.3 Å². The Morgan fingerprint density at radius 1 is 1.45 bits per heavy atom. The van der Waals surface area contributed by atoms with Gasteiger partial charge < -0.3 is 14.8 Å². The Balaban J connectivity index is 1.98. The van der Waals surface area contributed by atoms with Crippen LogP contribution in [0.4, 0.5) is 0 Å². The molecule has 0 spiro atoms. The number of hydrogen-bond acceptors (Lipinski definition) is 4. The van der Waals surface area contributed by atoms with E-state index in [1.807, 2.05) is 11.8 Å². The predicted octanol–water partition coefficient (Wildman–Crippen LogP) is 1.63. The SMILES string of the molecule is CCNC(=NCCn1cnnc1CC)N1CCSC(C)(C)C1. The average molecular weight is 324 g/mol. The second kappa shape index (κ2) is 7.85. The van der Waals surface area contributed by atoms with Gasteiger partial charge in [0.1, 0.15) is 12.2 Å². The molecule has 0 unspecified atom stereocenters. The van der Waals surface area contributed by atoms with Gasteiger partial charge >= 0.3 is 0 Å². The Morgan fingerprint density at radius 2 is 2.27 bits per heavy atom. The predicted molar refractivity (Wildman–Crippen MR) is 93.5 cm³/mol. The van der Waals surface area contributed by atoms with Crippen molar-refractivity contribution in [2.75, 3.05) is 31.9 Å². The summed E-state index contributed by atoms with van der Waals surface area (Å²) in [5, 5.41) is 11.5. The maximum atomic E-state index is 4.80. The lowest BCUT2D eigenvalue weighted by Crippen LogP contribution is -2.51. The van der Waals surface area contributed by atoms with E-state index >= 15 is 0 Å². The third-order valence-electron chi connectivity index (χ3n) is 3.67. The molecule has 1 aromatic heterocycles. The molecule has 2 rings (SSSR count). The minimum Gasteiger partial charge on any atom is -0.357 e. The molecule has 0 aromatic carbocycles. The highest BCUT2D eigenvalue weighted by molar-refractivity contribution is 8.00. The fraction of sp³-hybridized carbons (Fsp3) is 0.800. The summed E-state index contributed by atoms with van der Waals surface area (Å²) in [5.41, 5.74) is 0. The van der Waals surface area contributed by atoms with Crippen LogP contribution in [-0.2, 0) is 13.0 Å². The first-order valence-electron chi connectivity index (χ1n) is 8.09. The van der Waals surface area contributed by atoms with Crippen LogP contribution >= 0.6 is 11.8 Å². The number of nitrogens with zero attached hydrogens (tertiary/aromatic N) is 5. The maximum Gasteiger partial charge on any atom is 0.194 e. The minimum atomic E-state index is 0.290. The minimum absolute atomic E-state index is 0.290. The fourth-order valence-corrected chi connectivity index (χ4v) is 3.74. The van der Waals surface area contributed by atoms with E-state index in [-0.39, 0.29) is 4.75 Å². The van der Waals surface area contributed by atoms with Gasteiger partial charge in [0.25, 0.3) is 0 Å². The molecule has 1 aromatic rings. The monoisotopic (exact) mass is 324 g/mol. The number of aryl methyl sites for hydroxylation is 1. The molecule has 1 saturated heterocycles. The number of hydrogen-bond donors (Lipinski definition) is 1. The Labute approximate surface area is 137 Å². The first kappa shape index (κ1) is 17.1. The van der Waals surface area contributed by atoms with Gasteiger partial charge in [-0.3, -0.25) is 4.99 Å². The molecule has 0 radical (unpaired) electrons.